The zero-order valence-electron chi connectivity index (χ0n) is 14.2. The Kier molecular flexibility index (Phi) is 4.81. The van der Waals surface area contributed by atoms with Crippen LogP contribution in [0.2, 0.25) is 0 Å². The minimum atomic E-state index is -0.303. The van der Waals surface area contributed by atoms with Crippen molar-refractivity contribution in [3.8, 4) is 0 Å². The Balaban J connectivity index is 1.83. The van der Waals surface area contributed by atoms with Gasteiger partial charge in [0, 0.05) is 7.05 Å². The van der Waals surface area contributed by atoms with Crippen molar-refractivity contribution >= 4 is 16.9 Å². The van der Waals surface area contributed by atoms with Crippen LogP contribution >= 0.6 is 0 Å². The first-order chi connectivity index (χ1) is 12.0. The van der Waals surface area contributed by atoms with Gasteiger partial charge in [-0.3, -0.25) is 4.79 Å². The van der Waals surface area contributed by atoms with Crippen molar-refractivity contribution < 1.29 is 14.3 Å². The average molecular weight is 341 g/mol. The molecule has 0 bridgehead atoms. The van der Waals surface area contributed by atoms with Crippen molar-refractivity contribution in [3.63, 3.8) is 0 Å². The van der Waals surface area contributed by atoms with E-state index in [1.807, 2.05) is 31.2 Å². The Bertz CT molecular complexity index is 889. The van der Waals surface area contributed by atoms with Crippen LogP contribution in [0.4, 0.5) is 4.39 Å². The summed E-state index contributed by atoms with van der Waals surface area (Å²) in [4.78, 5) is 18.7. The Morgan fingerprint density at radius 2 is 1.92 bits per heavy atom. The standard InChI is InChI=1S/C19H20FN3O2/c1-13(14-7-9-15(20)10-8-14)22(2)19(25)11-23-17-6-4-3-5-16(17)21-18(23)12-24/h3-10,13,24H,11-12H2,1-2H3. The number of fused-ring (bicyclic) bond motifs is 1. The van der Waals surface area contributed by atoms with Gasteiger partial charge in [-0.25, -0.2) is 9.37 Å². The predicted octanol–water partition coefficient (Wildman–Crippen LogP) is 2.89. The zero-order valence-corrected chi connectivity index (χ0v) is 14.2. The molecule has 130 valence electrons. The van der Waals surface area contributed by atoms with Crippen molar-refractivity contribution in [2.45, 2.75) is 26.1 Å². The molecule has 2 aromatic carbocycles. The van der Waals surface area contributed by atoms with Crippen LogP contribution in [0.1, 0.15) is 24.4 Å². The smallest absolute Gasteiger partial charge is 0.242 e. The van der Waals surface area contributed by atoms with Gasteiger partial charge in [-0.2, -0.15) is 0 Å². The van der Waals surface area contributed by atoms with E-state index in [2.05, 4.69) is 4.98 Å². The normalized spacial score (nSPS) is 12.3. The molecule has 1 N–H and O–H groups in total. The molecule has 1 heterocycles. The van der Waals surface area contributed by atoms with Crippen LogP contribution in [0.5, 0.6) is 0 Å². The Morgan fingerprint density at radius 1 is 1.24 bits per heavy atom. The van der Waals surface area contributed by atoms with Crippen molar-refractivity contribution in [3.05, 3.63) is 65.7 Å². The first-order valence-corrected chi connectivity index (χ1v) is 8.07. The van der Waals surface area contributed by atoms with Gasteiger partial charge in [-0.15, -0.1) is 0 Å². The summed E-state index contributed by atoms with van der Waals surface area (Å²) in [7, 11) is 1.72. The summed E-state index contributed by atoms with van der Waals surface area (Å²) in [6.45, 7) is 1.74. The third kappa shape index (κ3) is 3.39. The second kappa shape index (κ2) is 7.03. The number of carbonyl (C=O) groups is 1. The summed E-state index contributed by atoms with van der Waals surface area (Å²) >= 11 is 0. The largest absolute Gasteiger partial charge is 0.388 e. The van der Waals surface area contributed by atoms with Crippen LogP contribution in [0.15, 0.2) is 48.5 Å². The Labute approximate surface area is 145 Å². The zero-order chi connectivity index (χ0) is 18.0. The summed E-state index contributed by atoms with van der Waals surface area (Å²) in [5, 5.41) is 9.54. The summed E-state index contributed by atoms with van der Waals surface area (Å²) in [6.07, 6.45) is 0. The molecule has 3 rings (SSSR count). The lowest BCUT2D eigenvalue weighted by molar-refractivity contribution is -0.132. The summed E-state index contributed by atoms with van der Waals surface area (Å²) in [5.74, 6) is 0.0365. The van der Waals surface area contributed by atoms with Crippen LogP contribution in [-0.4, -0.2) is 32.5 Å². The molecule has 6 heteroatoms. The molecule has 1 amide bonds. The van der Waals surface area contributed by atoms with E-state index in [0.29, 0.717) is 5.82 Å². The number of hydrogen-bond acceptors (Lipinski definition) is 3. The highest BCUT2D eigenvalue weighted by molar-refractivity contribution is 5.81. The van der Waals surface area contributed by atoms with Gasteiger partial charge in [-0.05, 0) is 36.8 Å². The lowest BCUT2D eigenvalue weighted by atomic mass is 10.1. The van der Waals surface area contributed by atoms with Crippen molar-refractivity contribution in [2.75, 3.05) is 7.05 Å². The lowest BCUT2D eigenvalue weighted by Crippen LogP contribution is -2.33. The number of likely N-dealkylation sites (N-methyl/N-ethyl adjacent to an activating group) is 1. The Morgan fingerprint density at radius 3 is 2.60 bits per heavy atom. The van der Waals surface area contributed by atoms with Crippen LogP contribution in [-0.2, 0) is 17.9 Å². The molecular formula is C19H20FN3O2. The second-order valence-electron chi connectivity index (χ2n) is 5.99. The highest BCUT2D eigenvalue weighted by Gasteiger charge is 2.20. The van der Waals surface area contributed by atoms with E-state index in [9.17, 15) is 14.3 Å². The molecule has 0 radical (unpaired) electrons. The second-order valence-corrected chi connectivity index (χ2v) is 5.99. The summed E-state index contributed by atoms with van der Waals surface area (Å²) in [6, 6.07) is 13.4. The number of imidazole rings is 1. The topological polar surface area (TPSA) is 58.4 Å². The number of benzene rings is 2. The highest BCUT2D eigenvalue weighted by Crippen LogP contribution is 2.21. The van der Waals surface area contributed by atoms with Gasteiger partial charge in [0.1, 0.15) is 24.8 Å². The van der Waals surface area contributed by atoms with Gasteiger partial charge in [0.2, 0.25) is 5.91 Å². The number of halogens is 1. The van der Waals surface area contributed by atoms with E-state index < -0.39 is 0 Å². The summed E-state index contributed by atoms with van der Waals surface area (Å²) in [5.41, 5.74) is 2.41. The maximum atomic E-state index is 13.1. The maximum absolute atomic E-state index is 13.1. The number of para-hydroxylation sites is 2. The first-order valence-electron chi connectivity index (χ1n) is 8.07. The van der Waals surface area contributed by atoms with E-state index in [-0.39, 0.29) is 30.9 Å². The number of aromatic nitrogens is 2. The maximum Gasteiger partial charge on any atom is 0.242 e. The number of nitrogens with zero attached hydrogens (tertiary/aromatic N) is 3. The fourth-order valence-corrected chi connectivity index (χ4v) is 2.85. The molecule has 0 aliphatic rings. The number of amides is 1. The van der Waals surface area contributed by atoms with Gasteiger partial charge in [0.15, 0.2) is 0 Å². The molecule has 0 aliphatic carbocycles. The third-order valence-electron chi connectivity index (χ3n) is 4.50. The molecule has 0 aliphatic heterocycles. The van der Waals surface area contributed by atoms with Crippen LogP contribution in [0.3, 0.4) is 0 Å². The number of aliphatic hydroxyl groups is 1. The van der Waals surface area contributed by atoms with E-state index in [1.54, 1.807) is 28.6 Å². The van der Waals surface area contributed by atoms with Crippen molar-refractivity contribution in [1.29, 1.82) is 0 Å². The fraction of sp³-hybridized carbons (Fsp3) is 0.263. The number of aliphatic hydroxyl groups excluding tert-OH is 1. The molecule has 3 aromatic rings. The van der Waals surface area contributed by atoms with E-state index in [4.69, 9.17) is 0 Å². The quantitative estimate of drug-likeness (QED) is 0.776. The predicted molar refractivity (Wildman–Crippen MR) is 93.2 cm³/mol. The molecule has 25 heavy (non-hydrogen) atoms. The molecule has 0 saturated carbocycles. The highest BCUT2D eigenvalue weighted by atomic mass is 19.1. The van der Waals surface area contributed by atoms with Crippen molar-refractivity contribution in [1.82, 2.24) is 14.5 Å². The van der Waals surface area contributed by atoms with E-state index in [0.717, 1.165) is 16.6 Å². The van der Waals surface area contributed by atoms with E-state index in [1.165, 1.54) is 12.1 Å². The average Bonchev–Trinajstić information content (AvgIpc) is 2.99. The van der Waals surface area contributed by atoms with Gasteiger partial charge in [0.05, 0.1) is 17.1 Å². The molecule has 1 unspecified atom stereocenters. The number of hydrogen-bond donors (Lipinski definition) is 1. The first kappa shape index (κ1) is 17.1. The van der Waals surface area contributed by atoms with Gasteiger partial charge >= 0.3 is 0 Å². The van der Waals surface area contributed by atoms with Gasteiger partial charge < -0.3 is 14.6 Å². The monoisotopic (exact) mass is 341 g/mol. The van der Waals surface area contributed by atoms with E-state index >= 15 is 0 Å². The van der Waals surface area contributed by atoms with Crippen LogP contribution in [0, 0.1) is 5.82 Å². The van der Waals surface area contributed by atoms with Crippen LogP contribution < -0.4 is 0 Å². The molecule has 1 atom stereocenters. The SMILES string of the molecule is CC(c1ccc(F)cc1)N(C)C(=O)Cn1c(CO)nc2ccccc21. The fourth-order valence-electron chi connectivity index (χ4n) is 2.85. The van der Waals surface area contributed by atoms with Crippen LogP contribution in [0.25, 0.3) is 11.0 Å². The molecule has 0 saturated heterocycles. The molecular weight excluding hydrogens is 321 g/mol. The van der Waals surface area contributed by atoms with Gasteiger partial charge in [0.25, 0.3) is 0 Å². The van der Waals surface area contributed by atoms with Crippen molar-refractivity contribution in [2.24, 2.45) is 0 Å². The molecule has 0 fully saturated rings. The lowest BCUT2D eigenvalue weighted by Gasteiger charge is -2.26. The summed E-state index contributed by atoms with van der Waals surface area (Å²) < 4.78 is 14.8. The Hall–Kier alpha value is -2.73. The number of carbonyl (C=O) groups excluding carboxylic acids is 1. The molecule has 5 nitrogen and oxygen atoms in total. The minimum Gasteiger partial charge on any atom is -0.388 e. The minimum absolute atomic E-state index is 0.0818. The number of rotatable bonds is 5. The third-order valence-corrected chi connectivity index (χ3v) is 4.50. The molecule has 0 spiro atoms. The van der Waals surface area contributed by atoms with Gasteiger partial charge in [-0.1, -0.05) is 24.3 Å². The molecule has 1 aromatic heterocycles.